The van der Waals surface area contributed by atoms with Crippen molar-refractivity contribution in [3.05, 3.63) is 33.7 Å². The monoisotopic (exact) mass is 352 g/mol. The van der Waals surface area contributed by atoms with Crippen molar-refractivity contribution in [3.63, 3.8) is 0 Å². The molecule has 0 aromatic carbocycles. The molecule has 0 bridgehead atoms. The first-order valence-corrected chi connectivity index (χ1v) is 7.77. The van der Waals surface area contributed by atoms with Gasteiger partial charge in [-0.2, -0.15) is 0 Å². The van der Waals surface area contributed by atoms with Crippen LogP contribution in [0.5, 0.6) is 0 Å². The Labute approximate surface area is 133 Å². The van der Waals surface area contributed by atoms with Crippen LogP contribution in [0.4, 0.5) is 0 Å². The molecule has 0 atom stereocenters. The Morgan fingerprint density at radius 3 is 2.81 bits per heavy atom. The number of fused-ring (bicyclic) bond motifs is 1. The molecule has 0 fully saturated rings. The first-order chi connectivity index (χ1) is 9.90. The maximum absolute atomic E-state index is 12.4. The molecule has 2 aromatic rings. The highest BCUT2D eigenvalue weighted by Crippen LogP contribution is 2.22. The van der Waals surface area contributed by atoms with E-state index in [1.807, 2.05) is 44.6 Å². The minimum absolute atomic E-state index is 0.0729. The van der Waals surface area contributed by atoms with Gasteiger partial charge in [0.25, 0.3) is 5.91 Å². The quantitative estimate of drug-likeness (QED) is 0.840. The summed E-state index contributed by atoms with van der Waals surface area (Å²) in [6.07, 6.45) is 2.87. The minimum Gasteiger partial charge on any atom is -0.351 e. The molecule has 1 N–H and O–H groups in total. The predicted molar refractivity (Wildman–Crippen MR) is 87.9 cm³/mol. The van der Waals surface area contributed by atoms with Crippen LogP contribution in [-0.4, -0.2) is 47.4 Å². The van der Waals surface area contributed by atoms with Gasteiger partial charge in [0.05, 0.1) is 10.2 Å². The second-order valence-corrected chi connectivity index (χ2v) is 6.37. The summed E-state index contributed by atoms with van der Waals surface area (Å²) in [5.74, 6) is -0.0729. The molecule has 2 rings (SSSR count). The largest absolute Gasteiger partial charge is 0.351 e. The van der Waals surface area contributed by atoms with Gasteiger partial charge in [-0.25, -0.2) is 4.98 Å². The number of pyridine rings is 1. The van der Waals surface area contributed by atoms with Crippen LogP contribution in [0.15, 0.2) is 16.7 Å². The first-order valence-electron chi connectivity index (χ1n) is 6.98. The summed E-state index contributed by atoms with van der Waals surface area (Å²) in [7, 11) is 4.05. The third kappa shape index (κ3) is 3.63. The van der Waals surface area contributed by atoms with Crippen molar-refractivity contribution in [3.8, 4) is 0 Å². The summed E-state index contributed by atoms with van der Waals surface area (Å²) < 4.78 is 2.76. The number of carbonyl (C=O) groups excluding carboxylic acids is 1. The van der Waals surface area contributed by atoms with Crippen molar-refractivity contribution in [1.29, 1.82) is 0 Å². The number of imidazole rings is 1. The Morgan fingerprint density at radius 2 is 2.14 bits per heavy atom. The van der Waals surface area contributed by atoms with E-state index in [-0.39, 0.29) is 5.91 Å². The molecule has 5 nitrogen and oxygen atoms in total. The molecule has 0 saturated carbocycles. The van der Waals surface area contributed by atoms with Crippen molar-refractivity contribution in [1.82, 2.24) is 19.6 Å². The van der Waals surface area contributed by atoms with Crippen molar-refractivity contribution in [2.24, 2.45) is 0 Å². The van der Waals surface area contributed by atoms with E-state index < -0.39 is 0 Å². The predicted octanol–water partition coefficient (Wildman–Crippen LogP) is 2.40. The number of aromatic nitrogens is 2. The van der Waals surface area contributed by atoms with Crippen LogP contribution in [0.25, 0.3) is 5.65 Å². The van der Waals surface area contributed by atoms with Crippen molar-refractivity contribution in [2.45, 2.75) is 20.3 Å². The summed E-state index contributed by atoms with van der Waals surface area (Å²) in [6.45, 7) is 5.48. The summed E-state index contributed by atoms with van der Waals surface area (Å²) in [5.41, 5.74) is 3.20. The molecule has 0 unspecified atom stereocenters. The summed E-state index contributed by atoms with van der Waals surface area (Å²) in [4.78, 5) is 19.0. The molecule has 6 heteroatoms. The SMILES string of the molecule is Cc1cc(Br)c2nc(C)c(C(=O)NCCCN(C)C)n2c1. The van der Waals surface area contributed by atoms with Gasteiger partial charge in [0.15, 0.2) is 5.65 Å². The molecule has 0 aliphatic rings. The van der Waals surface area contributed by atoms with Crippen LogP contribution in [0, 0.1) is 13.8 Å². The zero-order chi connectivity index (χ0) is 15.6. The third-order valence-corrected chi connectivity index (χ3v) is 3.85. The van der Waals surface area contributed by atoms with E-state index in [1.165, 1.54) is 0 Å². The number of amides is 1. The van der Waals surface area contributed by atoms with Crippen molar-refractivity contribution >= 4 is 27.5 Å². The topological polar surface area (TPSA) is 49.6 Å². The van der Waals surface area contributed by atoms with Gasteiger partial charge in [-0.1, -0.05) is 0 Å². The standard InChI is InChI=1S/C15H21BrN4O/c1-10-8-12(16)14-18-11(2)13(20(14)9-10)15(21)17-6-5-7-19(3)4/h8-9H,5-7H2,1-4H3,(H,17,21). The normalized spacial score (nSPS) is 11.3. The number of nitrogens with one attached hydrogen (secondary N) is 1. The molecule has 21 heavy (non-hydrogen) atoms. The van der Waals surface area contributed by atoms with E-state index in [4.69, 9.17) is 0 Å². The molecule has 0 saturated heterocycles. The average Bonchev–Trinajstić information content (AvgIpc) is 2.71. The molecule has 0 aliphatic carbocycles. The minimum atomic E-state index is -0.0729. The molecular formula is C15H21BrN4O. The molecule has 114 valence electrons. The lowest BCUT2D eigenvalue weighted by Crippen LogP contribution is -2.28. The maximum atomic E-state index is 12.4. The number of aryl methyl sites for hydroxylation is 2. The Bertz CT molecular complexity index is 663. The Kier molecular flexibility index (Phi) is 5.00. The van der Waals surface area contributed by atoms with Gasteiger partial charge in [-0.3, -0.25) is 9.20 Å². The van der Waals surface area contributed by atoms with Crippen LogP contribution in [0.1, 0.15) is 28.2 Å². The second-order valence-electron chi connectivity index (χ2n) is 5.52. The lowest BCUT2D eigenvalue weighted by Gasteiger charge is -2.10. The molecule has 0 radical (unpaired) electrons. The fourth-order valence-electron chi connectivity index (χ4n) is 2.30. The highest BCUT2D eigenvalue weighted by molar-refractivity contribution is 9.10. The summed E-state index contributed by atoms with van der Waals surface area (Å²) >= 11 is 3.50. The van der Waals surface area contributed by atoms with Gasteiger partial charge in [0.2, 0.25) is 0 Å². The summed E-state index contributed by atoms with van der Waals surface area (Å²) in [6, 6.07) is 2.00. The zero-order valence-electron chi connectivity index (χ0n) is 12.9. The second kappa shape index (κ2) is 6.58. The first kappa shape index (κ1) is 16.0. The van der Waals surface area contributed by atoms with E-state index in [0.29, 0.717) is 12.2 Å². The van der Waals surface area contributed by atoms with Gasteiger partial charge in [0.1, 0.15) is 5.69 Å². The molecular weight excluding hydrogens is 332 g/mol. The lowest BCUT2D eigenvalue weighted by atomic mass is 10.3. The molecule has 0 spiro atoms. The zero-order valence-corrected chi connectivity index (χ0v) is 14.5. The van der Waals surface area contributed by atoms with Crippen LogP contribution < -0.4 is 5.32 Å². The number of hydrogen-bond acceptors (Lipinski definition) is 3. The third-order valence-electron chi connectivity index (χ3n) is 3.27. The number of halogens is 1. The lowest BCUT2D eigenvalue weighted by molar-refractivity contribution is 0.0946. The Balaban J connectivity index is 2.21. The Morgan fingerprint density at radius 1 is 1.43 bits per heavy atom. The fourth-order valence-corrected chi connectivity index (χ4v) is 2.94. The Hall–Kier alpha value is -1.40. The van der Waals surface area contributed by atoms with Crippen LogP contribution >= 0.6 is 15.9 Å². The van der Waals surface area contributed by atoms with Crippen molar-refractivity contribution in [2.75, 3.05) is 27.2 Å². The van der Waals surface area contributed by atoms with E-state index >= 15 is 0 Å². The number of hydrogen-bond donors (Lipinski definition) is 1. The maximum Gasteiger partial charge on any atom is 0.270 e. The van der Waals surface area contributed by atoms with E-state index in [0.717, 1.165) is 34.3 Å². The van der Waals surface area contributed by atoms with Gasteiger partial charge in [-0.15, -0.1) is 0 Å². The number of carbonyl (C=O) groups is 1. The number of rotatable bonds is 5. The fraction of sp³-hybridized carbons (Fsp3) is 0.467. The van der Waals surface area contributed by atoms with E-state index in [1.54, 1.807) is 0 Å². The van der Waals surface area contributed by atoms with Crippen LogP contribution in [0.2, 0.25) is 0 Å². The van der Waals surface area contributed by atoms with Crippen LogP contribution in [-0.2, 0) is 0 Å². The smallest absolute Gasteiger partial charge is 0.270 e. The molecule has 2 aromatic heterocycles. The van der Waals surface area contributed by atoms with Crippen LogP contribution in [0.3, 0.4) is 0 Å². The highest BCUT2D eigenvalue weighted by Gasteiger charge is 2.17. The van der Waals surface area contributed by atoms with Gasteiger partial charge in [0, 0.05) is 12.7 Å². The van der Waals surface area contributed by atoms with E-state index in [2.05, 4.69) is 31.1 Å². The van der Waals surface area contributed by atoms with Gasteiger partial charge in [-0.05, 0) is 68.5 Å². The average molecular weight is 353 g/mol. The summed E-state index contributed by atoms with van der Waals surface area (Å²) in [5, 5.41) is 2.97. The van der Waals surface area contributed by atoms with E-state index in [9.17, 15) is 4.79 Å². The molecule has 2 heterocycles. The van der Waals surface area contributed by atoms with Gasteiger partial charge < -0.3 is 10.2 Å². The number of nitrogens with zero attached hydrogens (tertiary/aromatic N) is 3. The molecule has 1 amide bonds. The molecule has 0 aliphatic heterocycles. The van der Waals surface area contributed by atoms with Gasteiger partial charge >= 0.3 is 0 Å². The highest BCUT2D eigenvalue weighted by atomic mass is 79.9. The van der Waals surface area contributed by atoms with Crippen molar-refractivity contribution < 1.29 is 4.79 Å².